The highest BCUT2D eigenvalue weighted by atomic mass is 79.9. The topological polar surface area (TPSA) is 0 Å². The molecule has 0 saturated heterocycles. The Balaban J connectivity index is 2.79. The van der Waals surface area contributed by atoms with Crippen molar-refractivity contribution in [3.05, 3.63) is 19.2 Å². The largest absolute Gasteiger partial charge is 0.121 e. The van der Waals surface area contributed by atoms with Crippen molar-refractivity contribution in [2.45, 2.75) is 25.1 Å². The van der Waals surface area contributed by atoms with E-state index in [4.69, 9.17) is 11.6 Å². The van der Waals surface area contributed by atoms with Crippen molar-refractivity contribution in [2.24, 2.45) is 0 Å². The number of halogens is 3. The van der Waals surface area contributed by atoms with Gasteiger partial charge in [0.25, 0.3) is 0 Å². The quantitative estimate of drug-likeness (QED) is 0.654. The molecule has 68 valence electrons. The maximum atomic E-state index is 6.18. The Morgan fingerprint density at radius 2 is 2.25 bits per heavy atom. The van der Waals surface area contributed by atoms with Gasteiger partial charge in [-0.15, -0.1) is 22.9 Å². The van der Waals surface area contributed by atoms with Gasteiger partial charge < -0.3 is 0 Å². The van der Waals surface area contributed by atoms with Crippen LogP contribution in [0.4, 0.5) is 0 Å². The van der Waals surface area contributed by atoms with Gasteiger partial charge in [-0.05, 0) is 49.9 Å². The predicted molar refractivity (Wildman–Crippen MR) is 63.2 cm³/mol. The van der Waals surface area contributed by atoms with E-state index in [2.05, 4.69) is 44.8 Å². The van der Waals surface area contributed by atoms with Crippen LogP contribution in [-0.2, 0) is 0 Å². The van der Waals surface area contributed by atoms with E-state index < -0.39 is 0 Å². The van der Waals surface area contributed by atoms with Crippen molar-refractivity contribution >= 4 is 54.8 Å². The lowest BCUT2D eigenvalue weighted by Gasteiger charge is -2.05. The molecule has 0 spiro atoms. The fourth-order valence-corrected chi connectivity index (χ4v) is 4.54. The molecule has 4 heteroatoms. The van der Waals surface area contributed by atoms with Crippen LogP contribution in [0.3, 0.4) is 0 Å². The molecule has 0 nitrogen and oxygen atoms in total. The van der Waals surface area contributed by atoms with Crippen LogP contribution in [0.2, 0.25) is 0 Å². The van der Waals surface area contributed by atoms with Crippen molar-refractivity contribution in [1.82, 2.24) is 0 Å². The van der Waals surface area contributed by atoms with E-state index in [9.17, 15) is 0 Å². The molecule has 0 aromatic carbocycles. The summed E-state index contributed by atoms with van der Waals surface area (Å²) in [6.45, 7) is 2.14. The van der Waals surface area contributed by atoms with Crippen molar-refractivity contribution in [3.8, 4) is 0 Å². The van der Waals surface area contributed by atoms with Crippen molar-refractivity contribution < 1.29 is 0 Å². The number of hydrogen-bond acceptors (Lipinski definition) is 1. The summed E-state index contributed by atoms with van der Waals surface area (Å²) >= 11 is 14.8. The Morgan fingerprint density at radius 3 is 2.67 bits per heavy atom. The van der Waals surface area contributed by atoms with E-state index >= 15 is 0 Å². The molecule has 1 rings (SSSR count). The Kier molecular flexibility index (Phi) is 4.58. The first-order chi connectivity index (χ1) is 5.65. The van der Waals surface area contributed by atoms with E-state index in [1.54, 1.807) is 11.3 Å². The Morgan fingerprint density at radius 1 is 1.58 bits per heavy atom. The molecule has 1 aromatic rings. The van der Waals surface area contributed by atoms with Crippen LogP contribution in [0.5, 0.6) is 0 Å². The molecule has 1 atom stereocenters. The summed E-state index contributed by atoms with van der Waals surface area (Å²) in [4.78, 5) is 0. The fraction of sp³-hybridized carbons (Fsp3) is 0.500. The van der Waals surface area contributed by atoms with E-state index in [1.165, 1.54) is 5.56 Å². The van der Waals surface area contributed by atoms with Crippen LogP contribution in [0.1, 0.15) is 30.7 Å². The SMILES string of the molecule is CCCC(Cl)c1cc(Br)sc1Br. The van der Waals surface area contributed by atoms with Gasteiger partial charge >= 0.3 is 0 Å². The molecule has 0 aliphatic heterocycles. The normalized spacial score (nSPS) is 13.3. The summed E-state index contributed by atoms with van der Waals surface area (Å²) in [7, 11) is 0. The summed E-state index contributed by atoms with van der Waals surface area (Å²) in [6.07, 6.45) is 2.15. The van der Waals surface area contributed by atoms with Gasteiger partial charge in [0.05, 0.1) is 12.9 Å². The molecule has 0 N–H and O–H groups in total. The van der Waals surface area contributed by atoms with Crippen LogP contribution in [0.25, 0.3) is 0 Å². The average molecular weight is 332 g/mol. The fourth-order valence-electron chi connectivity index (χ4n) is 0.975. The van der Waals surface area contributed by atoms with Gasteiger partial charge in [0, 0.05) is 0 Å². The average Bonchev–Trinajstić information content (AvgIpc) is 2.30. The van der Waals surface area contributed by atoms with Gasteiger partial charge in [-0.1, -0.05) is 13.3 Å². The number of rotatable bonds is 3. The van der Waals surface area contributed by atoms with Crippen LogP contribution in [0.15, 0.2) is 13.6 Å². The third kappa shape index (κ3) is 2.72. The molecule has 1 aromatic heterocycles. The van der Waals surface area contributed by atoms with E-state index in [-0.39, 0.29) is 5.38 Å². The van der Waals surface area contributed by atoms with Gasteiger partial charge in [0.15, 0.2) is 0 Å². The lowest BCUT2D eigenvalue weighted by Crippen LogP contribution is -1.86. The highest BCUT2D eigenvalue weighted by Crippen LogP contribution is 2.39. The molecule has 12 heavy (non-hydrogen) atoms. The maximum Gasteiger partial charge on any atom is 0.0757 e. The van der Waals surface area contributed by atoms with Gasteiger partial charge in [-0.3, -0.25) is 0 Å². The van der Waals surface area contributed by atoms with E-state index in [0.29, 0.717) is 0 Å². The molecular formula is C8H9Br2ClS. The molecule has 0 radical (unpaired) electrons. The minimum atomic E-state index is 0.145. The lowest BCUT2D eigenvalue weighted by atomic mass is 10.1. The third-order valence-electron chi connectivity index (χ3n) is 1.56. The standard InChI is InChI=1S/C8H9Br2ClS/c1-2-3-6(11)5-4-7(9)12-8(5)10/h4,6H,2-3H2,1H3. The predicted octanol–water partition coefficient (Wildman–Crippen LogP) is 5.35. The molecule has 0 aliphatic rings. The molecule has 0 amide bonds. The van der Waals surface area contributed by atoms with Crippen molar-refractivity contribution in [3.63, 3.8) is 0 Å². The lowest BCUT2D eigenvalue weighted by molar-refractivity contribution is 0.770. The minimum Gasteiger partial charge on any atom is -0.121 e. The van der Waals surface area contributed by atoms with E-state index in [1.807, 2.05) is 0 Å². The zero-order valence-electron chi connectivity index (χ0n) is 6.61. The molecular weight excluding hydrogens is 323 g/mol. The summed E-state index contributed by atoms with van der Waals surface area (Å²) < 4.78 is 2.27. The Labute approximate surface area is 98.6 Å². The number of thiophene rings is 1. The smallest absolute Gasteiger partial charge is 0.0757 e. The second kappa shape index (κ2) is 4.99. The van der Waals surface area contributed by atoms with Gasteiger partial charge in [-0.2, -0.15) is 0 Å². The van der Waals surface area contributed by atoms with E-state index in [0.717, 1.165) is 20.4 Å². The summed E-state index contributed by atoms with van der Waals surface area (Å²) in [5, 5.41) is 0.145. The molecule has 0 bridgehead atoms. The second-order valence-electron chi connectivity index (χ2n) is 2.54. The molecule has 0 aliphatic carbocycles. The van der Waals surface area contributed by atoms with Crippen molar-refractivity contribution in [1.29, 1.82) is 0 Å². The van der Waals surface area contributed by atoms with Gasteiger partial charge in [-0.25, -0.2) is 0 Å². The molecule has 1 heterocycles. The summed E-state index contributed by atoms with van der Waals surface area (Å²) in [5.41, 5.74) is 1.20. The van der Waals surface area contributed by atoms with Crippen LogP contribution >= 0.6 is 54.8 Å². The third-order valence-corrected chi connectivity index (χ3v) is 4.40. The summed E-state index contributed by atoms with van der Waals surface area (Å²) in [5.74, 6) is 0. The molecule has 0 fully saturated rings. The number of alkyl halides is 1. The van der Waals surface area contributed by atoms with Crippen LogP contribution < -0.4 is 0 Å². The molecule has 1 unspecified atom stereocenters. The van der Waals surface area contributed by atoms with Crippen LogP contribution in [0, 0.1) is 0 Å². The van der Waals surface area contributed by atoms with Crippen molar-refractivity contribution in [2.75, 3.05) is 0 Å². The van der Waals surface area contributed by atoms with Crippen LogP contribution in [-0.4, -0.2) is 0 Å². The van der Waals surface area contributed by atoms with Gasteiger partial charge in [0.1, 0.15) is 0 Å². The maximum absolute atomic E-state index is 6.18. The first-order valence-electron chi connectivity index (χ1n) is 3.74. The highest BCUT2D eigenvalue weighted by molar-refractivity contribution is 9.12. The first-order valence-corrected chi connectivity index (χ1v) is 6.57. The number of hydrogen-bond donors (Lipinski definition) is 0. The summed E-state index contributed by atoms with van der Waals surface area (Å²) in [6, 6.07) is 2.09. The Bertz CT molecular complexity index is 260. The first kappa shape index (κ1) is 11.0. The Hall–Kier alpha value is 0.950. The monoisotopic (exact) mass is 330 g/mol. The zero-order valence-corrected chi connectivity index (χ0v) is 11.4. The van der Waals surface area contributed by atoms with Gasteiger partial charge in [0.2, 0.25) is 0 Å². The minimum absolute atomic E-state index is 0.145. The zero-order chi connectivity index (χ0) is 9.14. The highest BCUT2D eigenvalue weighted by Gasteiger charge is 2.13. The second-order valence-corrected chi connectivity index (χ2v) is 6.81. The molecule has 0 saturated carbocycles.